The van der Waals surface area contributed by atoms with Crippen molar-refractivity contribution >= 4 is 18.5 Å². The average Bonchev–Trinajstić information content (AvgIpc) is 2.27. The first-order valence-corrected chi connectivity index (χ1v) is 5.44. The predicted octanol–water partition coefficient (Wildman–Crippen LogP) is 2.35. The van der Waals surface area contributed by atoms with Crippen LogP contribution in [0.5, 0.6) is 0 Å². The van der Waals surface area contributed by atoms with E-state index in [4.69, 9.17) is 5.26 Å². The standard InChI is InChI=1S/C12H14N2OS/c1-9(6-7-13)14(2)12(15)10-4-3-5-11(16)8-10/h3-5,8-9,16H,6H2,1-2H3. The van der Waals surface area contributed by atoms with E-state index in [1.165, 1.54) is 0 Å². The number of hydrogen-bond acceptors (Lipinski definition) is 3. The van der Waals surface area contributed by atoms with Crippen LogP contribution in [0, 0.1) is 11.3 Å². The zero-order valence-corrected chi connectivity index (χ0v) is 10.2. The van der Waals surface area contributed by atoms with Crippen molar-refractivity contribution in [3.8, 4) is 6.07 Å². The molecule has 0 radical (unpaired) electrons. The van der Waals surface area contributed by atoms with Gasteiger partial charge in [-0.15, -0.1) is 12.6 Å². The van der Waals surface area contributed by atoms with Crippen molar-refractivity contribution in [2.75, 3.05) is 7.05 Å². The molecule has 1 aromatic carbocycles. The molecule has 1 amide bonds. The molecule has 0 aliphatic heterocycles. The third kappa shape index (κ3) is 3.01. The first kappa shape index (κ1) is 12.6. The number of carbonyl (C=O) groups is 1. The first-order valence-electron chi connectivity index (χ1n) is 4.99. The number of hydrogen-bond donors (Lipinski definition) is 1. The summed E-state index contributed by atoms with van der Waals surface area (Å²) in [6.07, 6.45) is 0.336. The van der Waals surface area contributed by atoms with Crippen LogP contribution in [0.25, 0.3) is 0 Å². The molecule has 1 rings (SSSR count). The monoisotopic (exact) mass is 234 g/mol. The van der Waals surface area contributed by atoms with Gasteiger partial charge in [0.25, 0.3) is 5.91 Å². The molecule has 0 aliphatic rings. The van der Waals surface area contributed by atoms with Gasteiger partial charge < -0.3 is 4.90 Å². The largest absolute Gasteiger partial charge is 0.338 e. The van der Waals surface area contributed by atoms with Crippen molar-refractivity contribution in [3.05, 3.63) is 29.8 Å². The first-order chi connectivity index (χ1) is 7.56. The molecule has 0 fully saturated rings. The highest BCUT2D eigenvalue weighted by molar-refractivity contribution is 7.80. The second-order valence-corrected chi connectivity index (χ2v) is 4.19. The molecule has 4 heteroatoms. The topological polar surface area (TPSA) is 44.1 Å². The maximum absolute atomic E-state index is 12.0. The van der Waals surface area contributed by atoms with Crippen LogP contribution >= 0.6 is 12.6 Å². The van der Waals surface area contributed by atoms with Gasteiger partial charge in [0, 0.05) is 23.5 Å². The third-order valence-corrected chi connectivity index (χ3v) is 2.74. The van der Waals surface area contributed by atoms with Gasteiger partial charge in [0.2, 0.25) is 0 Å². The second kappa shape index (κ2) is 5.57. The van der Waals surface area contributed by atoms with E-state index in [1.807, 2.05) is 13.0 Å². The Morgan fingerprint density at radius 3 is 2.88 bits per heavy atom. The van der Waals surface area contributed by atoms with Crippen molar-refractivity contribution in [3.63, 3.8) is 0 Å². The zero-order chi connectivity index (χ0) is 12.1. The van der Waals surface area contributed by atoms with Gasteiger partial charge in [-0.2, -0.15) is 5.26 Å². The molecule has 0 bridgehead atoms. The molecule has 3 nitrogen and oxygen atoms in total. The number of carbonyl (C=O) groups excluding carboxylic acids is 1. The summed E-state index contributed by atoms with van der Waals surface area (Å²) < 4.78 is 0. The van der Waals surface area contributed by atoms with E-state index >= 15 is 0 Å². The van der Waals surface area contributed by atoms with Crippen LogP contribution in [-0.2, 0) is 0 Å². The van der Waals surface area contributed by atoms with E-state index in [2.05, 4.69) is 18.7 Å². The Labute approximate surface area is 101 Å². The number of nitrogens with zero attached hydrogens (tertiary/aromatic N) is 2. The van der Waals surface area contributed by atoms with E-state index in [0.29, 0.717) is 12.0 Å². The van der Waals surface area contributed by atoms with Crippen molar-refractivity contribution in [2.45, 2.75) is 24.3 Å². The summed E-state index contributed by atoms with van der Waals surface area (Å²) in [4.78, 5) is 14.3. The summed E-state index contributed by atoms with van der Waals surface area (Å²) in [5.41, 5.74) is 0.597. The van der Waals surface area contributed by atoms with Crippen LogP contribution in [0.4, 0.5) is 0 Å². The van der Waals surface area contributed by atoms with Crippen LogP contribution in [0.2, 0.25) is 0 Å². The van der Waals surface area contributed by atoms with Gasteiger partial charge in [-0.3, -0.25) is 4.79 Å². The Balaban J connectivity index is 2.82. The van der Waals surface area contributed by atoms with Crippen molar-refractivity contribution < 1.29 is 4.79 Å². The number of benzene rings is 1. The summed E-state index contributed by atoms with van der Waals surface area (Å²) in [6, 6.07) is 9.05. The van der Waals surface area contributed by atoms with E-state index in [9.17, 15) is 4.79 Å². The minimum Gasteiger partial charge on any atom is -0.338 e. The van der Waals surface area contributed by atoms with Crippen LogP contribution in [0.15, 0.2) is 29.2 Å². The van der Waals surface area contributed by atoms with Gasteiger partial charge in [0.15, 0.2) is 0 Å². The molecule has 0 aromatic heterocycles. The normalized spacial score (nSPS) is 11.6. The molecule has 1 atom stereocenters. The minimum atomic E-state index is -0.0846. The molecule has 0 saturated heterocycles. The van der Waals surface area contributed by atoms with E-state index in [0.717, 1.165) is 4.90 Å². The smallest absolute Gasteiger partial charge is 0.253 e. The Morgan fingerprint density at radius 1 is 1.62 bits per heavy atom. The highest BCUT2D eigenvalue weighted by Crippen LogP contribution is 2.12. The highest BCUT2D eigenvalue weighted by atomic mass is 32.1. The molecule has 16 heavy (non-hydrogen) atoms. The van der Waals surface area contributed by atoms with E-state index in [-0.39, 0.29) is 11.9 Å². The van der Waals surface area contributed by atoms with Gasteiger partial charge in [-0.25, -0.2) is 0 Å². The molecule has 0 N–H and O–H groups in total. The average molecular weight is 234 g/mol. The summed E-state index contributed by atoms with van der Waals surface area (Å²) in [5, 5.41) is 8.58. The van der Waals surface area contributed by atoms with Crippen LogP contribution in [0.3, 0.4) is 0 Å². The molecule has 0 heterocycles. The van der Waals surface area contributed by atoms with Crippen LogP contribution in [-0.4, -0.2) is 23.9 Å². The molecule has 0 spiro atoms. The second-order valence-electron chi connectivity index (χ2n) is 3.68. The van der Waals surface area contributed by atoms with E-state index < -0.39 is 0 Å². The van der Waals surface area contributed by atoms with Crippen LogP contribution in [0.1, 0.15) is 23.7 Å². The molecule has 84 valence electrons. The summed E-state index contributed by atoms with van der Waals surface area (Å²) in [5.74, 6) is -0.0846. The molecule has 1 aromatic rings. The quantitative estimate of drug-likeness (QED) is 0.816. The summed E-state index contributed by atoms with van der Waals surface area (Å²) >= 11 is 4.19. The third-order valence-electron chi connectivity index (χ3n) is 2.46. The Bertz CT molecular complexity index is 425. The van der Waals surface area contributed by atoms with Crippen LogP contribution < -0.4 is 0 Å². The highest BCUT2D eigenvalue weighted by Gasteiger charge is 2.16. The Morgan fingerprint density at radius 2 is 2.31 bits per heavy atom. The molecular weight excluding hydrogens is 220 g/mol. The van der Waals surface area contributed by atoms with Crippen molar-refractivity contribution in [1.29, 1.82) is 5.26 Å². The molecule has 0 saturated carbocycles. The Kier molecular flexibility index (Phi) is 4.39. The summed E-state index contributed by atoms with van der Waals surface area (Å²) in [6.45, 7) is 1.85. The summed E-state index contributed by atoms with van der Waals surface area (Å²) in [7, 11) is 1.70. The lowest BCUT2D eigenvalue weighted by molar-refractivity contribution is 0.0746. The van der Waals surface area contributed by atoms with Crippen molar-refractivity contribution in [2.24, 2.45) is 0 Å². The number of nitriles is 1. The fourth-order valence-electron chi connectivity index (χ4n) is 1.31. The maximum Gasteiger partial charge on any atom is 0.253 e. The number of rotatable bonds is 3. The van der Waals surface area contributed by atoms with E-state index in [1.54, 1.807) is 30.1 Å². The fourth-order valence-corrected chi connectivity index (χ4v) is 1.54. The Hall–Kier alpha value is -1.47. The molecule has 1 unspecified atom stereocenters. The van der Waals surface area contributed by atoms with Gasteiger partial charge >= 0.3 is 0 Å². The van der Waals surface area contributed by atoms with Crippen molar-refractivity contribution in [1.82, 2.24) is 4.90 Å². The lowest BCUT2D eigenvalue weighted by Crippen LogP contribution is -2.34. The number of amides is 1. The fraction of sp³-hybridized carbons (Fsp3) is 0.333. The van der Waals surface area contributed by atoms with Gasteiger partial charge in [0.1, 0.15) is 0 Å². The van der Waals surface area contributed by atoms with Gasteiger partial charge in [0.05, 0.1) is 12.5 Å². The SMILES string of the molecule is CC(CC#N)N(C)C(=O)c1cccc(S)c1. The minimum absolute atomic E-state index is 0.0823. The lowest BCUT2D eigenvalue weighted by Gasteiger charge is -2.23. The number of thiol groups is 1. The lowest BCUT2D eigenvalue weighted by atomic mass is 10.1. The zero-order valence-electron chi connectivity index (χ0n) is 9.34. The maximum atomic E-state index is 12.0. The predicted molar refractivity (Wildman–Crippen MR) is 65.5 cm³/mol. The van der Waals surface area contributed by atoms with Gasteiger partial charge in [-0.1, -0.05) is 6.07 Å². The van der Waals surface area contributed by atoms with Gasteiger partial charge in [-0.05, 0) is 25.1 Å². The molecule has 0 aliphatic carbocycles. The molecular formula is C12H14N2OS.